The summed E-state index contributed by atoms with van der Waals surface area (Å²) in [6, 6.07) is 0. The van der Waals surface area contributed by atoms with Gasteiger partial charge in [-0.25, -0.2) is 0 Å². The summed E-state index contributed by atoms with van der Waals surface area (Å²) in [6.07, 6.45) is 8.56. The van der Waals surface area contributed by atoms with Crippen LogP contribution in [0, 0.1) is 0 Å². The van der Waals surface area contributed by atoms with Gasteiger partial charge >= 0.3 is 0 Å². The summed E-state index contributed by atoms with van der Waals surface area (Å²) in [5, 5.41) is 0. The molecule has 0 unspecified atom stereocenters. The van der Waals surface area contributed by atoms with Gasteiger partial charge in [0.1, 0.15) is 0 Å². The maximum Gasteiger partial charge on any atom is 0.0100 e. The minimum Gasteiger partial charge on any atom is -0.126 e. The van der Waals surface area contributed by atoms with Gasteiger partial charge in [-0.2, -0.15) is 0 Å². The Morgan fingerprint density at radius 1 is 1.31 bits per heavy atom. The van der Waals surface area contributed by atoms with Crippen LogP contribution in [0.4, 0.5) is 0 Å². The Morgan fingerprint density at radius 2 is 2.00 bits per heavy atom. The van der Waals surface area contributed by atoms with Crippen LogP contribution in [0.1, 0.15) is 33.6 Å². The van der Waals surface area contributed by atoms with Crippen molar-refractivity contribution in [3.63, 3.8) is 0 Å². The summed E-state index contributed by atoms with van der Waals surface area (Å²) < 4.78 is 0. The molecule has 0 aliphatic heterocycles. The molecule has 0 N–H and O–H groups in total. The maximum absolute atomic E-state index is 3.84. The molecule has 0 fully saturated rings. The van der Waals surface area contributed by atoms with Crippen LogP contribution >= 0.6 is 11.8 Å². The molecular weight excluding hydrogens is 176 g/mol. The van der Waals surface area contributed by atoms with Crippen molar-refractivity contribution in [3.05, 3.63) is 35.3 Å². The van der Waals surface area contributed by atoms with Gasteiger partial charge in [0.15, 0.2) is 0 Å². The fourth-order valence-electron chi connectivity index (χ4n) is 1.05. The summed E-state index contributed by atoms with van der Waals surface area (Å²) in [6.45, 7) is 10.3. The molecule has 0 saturated heterocycles. The molecule has 0 aliphatic rings. The van der Waals surface area contributed by atoms with Gasteiger partial charge in [0.25, 0.3) is 0 Å². The number of allylic oxidation sites excluding steroid dienone is 4. The topological polar surface area (TPSA) is 0 Å². The van der Waals surface area contributed by atoms with E-state index in [1.54, 1.807) is 0 Å². The summed E-state index contributed by atoms with van der Waals surface area (Å²) >= 11 is 1.90. The molecule has 1 heteroatoms. The van der Waals surface area contributed by atoms with Crippen molar-refractivity contribution >= 4 is 11.8 Å². The van der Waals surface area contributed by atoms with Gasteiger partial charge in [-0.1, -0.05) is 45.6 Å². The summed E-state index contributed by atoms with van der Waals surface area (Å²) in [5.41, 5.74) is 1.36. The minimum absolute atomic E-state index is 1.07. The van der Waals surface area contributed by atoms with E-state index in [0.29, 0.717) is 0 Å². The lowest BCUT2D eigenvalue weighted by atomic mass is 10.2. The van der Waals surface area contributed by atoms with Gasteiger partial charge in [0.05, 0.1) is 0 Å². The fourth-order valence-corrected chi connectivity index (χ4v) is 1.96. The molecule has 0 saturated carbocycles. The SMILES string of the molecule is C=C/C(CC)=C(\C=C/CC)SCC. The first-order valence-corrected chi connectivity index (χ1v) is 5.93. The average molecular weight is 196 g/mol. The van der Waals surface area contributed by atoms with Gasteiger partial charge in [-0.3, -0.25) is 0 Å². The summed E-state index contributed by atoms with van der Waals surface area (Å²) in [4.78, 5) is 1.38. The third-order valence-electron chi connectivity index (χ3n) is 1.75. The van der Waals surface area contributed by atoms with Crippen molar-refractivity contribution in [2.75, 3.05) is 5.75 Å². The van der Waals surface area contributed by atoms with E-state index in [-0.39, 0.29) is 0 Å². The Bertz CT molecular complexity index is 199. The largest absolute Gasteiger partial charge is 0.126 e. The first kappa shape index (κ1) is 12.6. The predicted octanol–water partition coefficient (Wildman–Crippen LogP) is 4.56. The second-order valence-electron chi connectivity index (χ2n) is 2.69. The third kappa shape index (κ3) is 4.99. The molecule has 0 aromatic carbocycles. The van der Waals surface area contributed by atoms with Crippen LogP contribution in [0.15, 0.2) is 35.3 Å². The summed E-state index contributed by atoms with van der Waals surface area (Å²) in [7, 11) is 0. The second-order valence-corrected chi connectivity index (χ2v) is 4.00. The van der Waals surface area contributed by atoms with Crippen LogP contribution in [0.3, 0.4) is 0 Å². The highest BCUT2D eigenvalue weighted by Crippen LogP contribution is 2.23. The molecule has 13 heavy (non-hydrogen) atoms. The molecule has 74 valence electrons. The Labute approximate surface area is 86.8 Å². The molecule has 0 aromatic heterocycles. The quantitative estimate of drug-likeness (QED) is 0.561. The van der Waals surface area contributed by atoms with E-state index in [1.807, 2.05) is 17.8 Å². The van der Waals surface area contributed by atoms with Crippen LogP contribution in [-0.4, -0.2) is 5.75 Å². The van der Waals surface area contributed by atoms with Gasteiger partial charge in [0, 0.05) is 4.91 Å². The van der Waals surface area contributed by atoms with E-state index >= 15 is 0 Å². The normalized spacial score (nSPS) is 13.2. The van der Waals surface area contributed by atoms with Gasteiger partial charge in [0.2, 0.25) is 0 Å². The molecule has 0 atom stereocenters. The van der Waals surface area contributed by atoms with Crippen LogP contribution in [0.5, 0.6) is 0 Å². The zero-order valence-electron chi connectivity index (χ0n) is 8.97. The van der Waals surface area contributed by atoms with E-state index in [1.165, 1.54) is 10.5 Å². The fraction of sp³-hybridized carbons (Fsp3) is 0.500. The maximum atomic E-state index is 3.84. The Kier molecular flexibility index (Phi) is 7.91. The van der Waals surface area contributed by atoms with Crippen LogP contribution in [0.2, 0.25) is 0 Å². The lowest BCUT2D eigenvalue weighted by Crippen LogP contribution is -1.82. The Morgan fingerprint density at radius 3 is 2.38 bits per heavy atom. The first-order chi connectivity index (χ1) is 6.29. The lowest BCUT2D eigenvalue weighted by molar-refractivity contribution is 1.14. The molecule has 0 nitrogen and oxygen atoms in total. The van der Waals surface area contributed by atoms with Crippen molar-refractivity contribution in [2.45, 2.75) is 33.6 Å². The molecule has 0 heterocycles. The monoisotopic (exact) mass is 196 g/mol. The third-order valence-corrected chi connectivity index (χ3v) is 2.75. The summed E-state index contributed by atoms with van der Waals surface area (Å²) in [5.74, 6) is 1.13. The lowest BCUT2D eigenvalue weighted by Gasteiger charge is -2.05. The molecular formula is C12H20S. The van der Waals surface area contributed by atoms with Crippen LogP contribution in [0.25, 0.3) is 0 Å². The van der Waals surface area contributed by atoms with Gasteiger partial charge in [-0.15, -0.1) is 11.8 Å². The molecule has 0 rings (SSSR count). The molecule has 0 aliphatic carbocycles. The van der Waals surface area contributed by atoms with Gasteiger partial charge < -0.3 is 0 Å². The molecule has 0 amide bonds. The number of hydrogen-bond acceptors (Lipinski definition) is 1. The van der Waals surface area contributed by atoms with Crippen molar-refractivity contribution in [3.8, 4) is 0 Å². The van der Waals surface area contributed by atoms with Crippen molar-refractivity contribution in [1.82, 2.24) is 0 Å². The zero-order chi connectivity index (χ0) is 10.1. The smallest absolute Gasteiger partial charge is 0.0100 e. The molecule has 0 aromatic rings. The molecule has 0 spiro atoms. The predicted molar refractivity (Wildman–Crippen MR) is 65.1 cm³/mol. The number of rotatable bonds is 6. The molecule has 0 bridgehead atoms. The van der Waals surface area contributed by atoms with Crippen LogP contribution in [-0.2, 0) is 0 Å². The minimum atomic E-state index is 1.07. The van der Waals surface area contributed by atoms with E-state index in [2.05, 4.69) is 39.5 Å². The van der Waals surface area contributed by atoms with Crippen LogP contribution < -0.4 is 0 Å². The van der Waals surface area contributed by atoms with E-state index in [9.17, 15) is 0 Å². The Hall–Kier alpha value is -0.430. The zero-order valence-corrected chi connectivity index (χ0v) is 9.79. The molecule has 0 radical (unpaired) electrons. The highest BCUT2D eigenvalue weighted by atomic mass is 32.2. The number of hydrogen-bond donors (Lipinski definition) is 0. The highest BCUT2D eigenvalue weighted by molar-refractivity contribution is 8.03. The van der Waals surface area contributed by atoms with Gasteiger partial charge in [-0.05, 0) is 24.2 Å². The van der Waals surface area contributed by atoms with Crippen molar-refractivity contribution in [1.29, 1.82) is 0 Å². The standard InChI is InChI=1S/C12H20S/c1-5-9-10-12(13-8-4)11(6-2)7-3/h6,9-10H,2,5,7-8H2,1,3-4H3/b10-9-,12-11-. The van der Waals surface area contributed by atoms with E-state index in [4.69, 9.17) is 0 Å². The first-order valence-electron chi connectivity index (χ1n) is 4.94. The van der Waals surface area contributed by atoms with Crippen molar-refractivity contribution < 1.29 is 0 Å². The van der Waals surface area contributed by atoms with E-state index in [0.717, 1.165) is 18.6 Å². The second kappa shape index (κ2) is 8.18. The Balaban J connectivity index is 4.62. The number of thioether (sulfide) groups is 1. The average Bonchev–Trinajstić information content (AvgIpc) is 2.16. The highest BCUT2D eigenvalue weighted by Gasteiger charge is 1.97. The van der Waals surface area contributed by atoms with E-state index < -0.39 is 0 Å². The van der Waals surface area contributed by atoms with Crippen molar-refractivity contribution in [2.24, 2.45) is 0 Å².